The maximum atomic E-state index is 13.2. The van der Waals surface area contributed by atoms with E-state index in [1.54, 1.807) is 6.07 Å². The van der Waals surface area contributed by atoms with Gasteiger partial charge >= 0.3 is 6.09 Å². The van der Waals surface area contributed by atoms with Crippen LogP contribution in [0.1, 0.15) is 12.8 Å². The molecule has 0 aliphatic carbocycles. The summed E-state index contributed by atoms with van der Waals surface area (Å²) in [7, 11) is -6.58. The standard InChI is InChI=1S/C24H26N6O7S2/c1-37-24(32)28-19-7-11-21(12-8-19)39(35,36)30-15-2-4-17(16-30)22(31)27-18-5-9-20(10-6-18)38(33,34)29-23-25-13-3-14-26-23/h3,5-14,17H,2,4,15-16H2,1H3,(H,27,31)(H,28,32)(H,25,26,29)/t17-/m0/s1. The van der Waals surface area contributed by atoms with Crippen molar-refractivity contribution in [1.82, 2.24) is 14.3 Å². The van der Waals surface area contributed by atoms with Crippen molar-refractivity contribution in [2.24, 2.45) is 5.92 Å². The molecule has 0 radical (unpaired) electrons. The van der Waals surface area contributed by atoms with Gasteiger partial charge in [0, 0.05) is 36.9 Å². The number of piperidine rings is 1. The Balaban J connectivity index is 1.38. The van der Waals surface area contributed by atoms with E-state index in [4.69, 9.17) is 0 Å². The van der Waals surface area contributed by atoms with Gasteiger partial charge in [0.15, 0.2) is 0 Å². The zero-order chi connectivity index (χ0) is 28.0. The number of carbonyl (C=O) groups is 2. The molecular formula is C24H26N6O7S2. The molecule has 1 aliphatic rings. The molecule has 1 fully saturated rings. The number of benzene rings is 2. The highest BCUT2D eigenvalue weighted by Gasteiger charge is 2.33. The molecule has 3 aromatic rings. The number of hydrogen-bond donors (Lipinski definition) is 3. The molecule has 2 heterocycles. The second-order valence-electron chi connectivity index (χ2n) is 8.53. The van der Waals surface area contributed by atoms with Crippen LogP contribution in [0.5, 0.6) is 0 Å². The van der Waals surface area contributed by atoms with E-state index in [1.165, 1.54) is 72.3 Å². The number of aromatic nitrogens is 2. The number of rotatable bonds is 8. The van der Waals surface area contributed by atoms with Gasteiger partial charge in [-0.05, 0) is 67.4 Å². The molecule has 3 N–H and O–H groups in total. The number of sulfonamides is 2. The number of nitrogens with one attached hydrogen (secondary N) is 3. The predicted octanol–water partition coefficient (Wildman–Crippen LogP) is 2.50. The Morgan fingerprint density at radius 3 is 2.10 bits per heavy atom. The van der Waals surface area contributed by atoms with E-state index >= 15 is 0 Å². The number of nitrogens with zero attached hydrogens (tertiary/aromatic N) is 3. The number of hydrogen-bond acceptors (Lipinski definition) is 9. The van der Waals surface area contributed by atoms with Gasteiger partial charge in [0.2, 0.25) is 21.9 Å². The fourth-order valence-corrected chi connectivity index (χ4v) is 6.38. The molecule has 1 atom stereocenters. The summed E-state index contributed by atoms with van der Waals surface area (Å²) in [6.45, 7) is 0.253. The van der Waals surface area contributed by atoms with Crippen molar-refractivity contribution in [3.8, 4) is 0 Å². The third kappa shape index (κ3) is 6.87. The van der Waals surface area contributed by atoms with Gasteiger partial charge < -0.3 is 10.1 Å². The van der Waals surface area contributed by atoms with Gasteiger partial charge in [-0.1, -0.05) is 0 Å². The molecule has 1 saturated heterocycles. The highest BCUT2D eigenvalue weighted by atomic mass is 32.2. The summed E-state index contributed by atoms with van der Waals surface area (Å²) in [5, 5.41) is 5.18. The van der Waals surface area contributed by atoms with Crippen molar-refractivity contribution in [3.63, 3.8) is 0 Å². The molecule has 39 heavy (non-hydrogen) atoms. The Bertz CT molecular complexity index is 1530. The summed E-state index contributed by atoms with van der Waals surface area (Å²) in [6, 6.07) is 12.7. The Kier molecular flexibility index (Phi) is 8.42. The third-order valence-corrected chi connectivity index (χ3v) is 9.13. The third-order valence-electron chi connectivity index (χ3n) is 5.90. The van der Waals surface area contributed by atoms with Crippen LogP contribution in [-0.4, -0.2) is 63.3 Å². The topological polar surface area (TPSA) is 177 Å². The Morgan fingerprint density at radius 1 is 0.897 bits per heavy atom. The Hall–Kier alpha value is -4.08. The summed E-state index contributed by atoms with van der Waals surface area (Å²) < 4.78 is 59.5. The van der Waals surface area contributed by atoms with Crippen molar-refractivity contribution in [3.05, 3.63) is 67.0 Å². The maximum Gasteiger partial charge on any atom is 0.411 e. The van der Waals surface area contributed by atoms with Crippen LogP contribution in [-0.2, 0) is 29.6 Å². The van der Waals surface area contributed by atoms with Crippen LogP contribution in [0.4, 0.5) is 22.1 Å². The average Bonchev–Trinajstić information content (AvgIpc) is 2.94. The van der Waals surface area contributed by atoms with Gasteiger partial charge in [0.25, 0.3) is 10.0 Å². The van der Waals surface area contributed by atoms with E-state index in [1.807, 2.05) is 0 Å². The summed E-state index contributed by atoms with van der Waals surface area (Å²) >= 11 is 0. The van der Waals surface area contributed by atoms with Crippen LogP contribution >= 0.6 is 0 Å². The molecule has 2 aromatic carbocycles. The molecule has 0 bridgehead atoms. The van der Waals surface area contributed by atoms with Crippen LogP contribution in [0.2, 0.25) is 0 Å². The van der Waals surface area contributed by atoms with E-state index in [2.05, 4.69) is 30.1 Å². The van der Waals surface area contributed by atoms with Gasteiger partial charge in [0.05, 0.1) is 22.8 Å². The minimum Gasteiger partial charge on any atom is -0.453 e. The van der Waals surface area contributed by atoms with Gasteiger partial charge in [-0.2, -0.15) is 4.31 Å². The van der Waals surface area contributed by atoms with Crippen molar-refractivity contribution < 1.29 is 31.2 Å². The normalized spacial score (nSPS) is 16.2. The Morgan fingerprint density at radius 2 is 1.49 bits per heavy atom. The minimum absolute atomic E-state index is 0.0101. The first-order chi connectivity index (χ1) is 18.6. The summed E-state index contributed by atoms with van der Waals surface area (Å²) in [6.07, 6.45) is 3.12. The highest BCUT2D eigenvalue weighted by molar-refractivity contribution is 7.92. The van der Waals surface area contributed by atoms with Crippen LogP contribution in [0.25, 0.3) is 0 Å². The lowest BCUT2D eigenvalue weighted by Gasteiger charge is -2.31. The maximum absolute atomic E-state index is 13.2. The lowest BCUT2D eigenvalue weighted by Crippen LogP contribution is -2.43. The van der Waals surface area contributed by atoms with Crippen molar-refractivity contribution in [2.75, 3.05) is 35.6 Å². The second kappa shape index (κ2) is 11.8. The highest BCUT2D eigenvalue weighted by Crippen LogP contribution is 2.26. The number of anilines is 3. The molecule has 4 rings (SSSR count). The van der Waals surface area contributed by atoms with E-state index in [-0.39, 0.29) is 34.7 Å². The summed E-state index contributed by atoms with van der Waals surface area (Å²) in [4.78, 5) is 31.9. The minimum atomic E-state index is -3.93. The van der Waals surface area contributed by atoms with Crippen molar-refractivity contribution >= 4 is 49.4 Å². The molecule has 13 nitrogen and oxygen atoms in total. The van der Waals surface area contributed by atoms with Crippen molar-refractivity contribution in [2.45, 2.75) is 22.6 Å². The zero-order valence-electron chi connectivity index (χ0n) is 20.8. The molecule has 2 amide bonds. The van der Waals surface area contributed by atoms with Crippen molar-refractivity contribution in [1.29, 1.82) is 0 Å². The lowest BCUT2D eigenvalue weighted by atomic mass is 9.99. The number of ether oxygens (including phenoxy) is 1. The SMILES string of the molecule is COC(=O)Nc1ccc(S(=O)(=O)N2CCC[C@H](C(=O)Nc3ccc(S(=O)(=O)Nc4ncccn4)cc3)C2)cc1. The van der Waals surface area contributed by atoms with Crippen LogP contribution < -0.4 is 15.4 Å². The van der Waals surface area contributed by atoms with Crippen LogP contribution in [0.3, 0.4) is 0 Å². The molecule has 0 spiro atoms. The zero-order valence-corrected chi connectivity index (χ0v) is 22.4. The average molecular weight is 575 g/mol. The lowest BCUT2D eigenvalue weighted by molar-refractivity contribution is -0.120. The molecule has 1 aliphatic heterocycles. The molecular weight excluding hydrogens is 548 g/mol. The molecule has 15 heteroatoms. The van der Waals surface area contributed by atoms with E-state index in [0.717, 1.165) is 0 Å². The van der Waals surface area contributed by atoms with Crippen LogP contribution in [0, 0.1) is 5.92 Å². The fraction of sp³-hybridized carbons (Fsp3) is 0.250. The van der Waals surface area contributed by atoms with Crippen LogP contribution in [0.15, 0.2) is 76.8 Å². The molecule has 206 valence electrons. The first kappa shape index (κ1) is 27.9. The number of amides is 2. The fourth-order valence-electron chi connectivity index (χ4n) is 3.90. The van der Waals surface area contributed by atoms with E-state index in [0.29, 0.717) is 24.2 Å². The smallest absolute Gasteiger partial charge is 0.411 e. The molecule has 1 aromatic heterocycles. The second-order valence-corrected chi connectivity index (χ2v) is 12.2. The van der Waals surface area contributed by atoms with Gasteiger partial charge in [0.1, 0.15) is 0 Å². The molecule has 0 saturated carbocycles. The van der Waals surface area contributed by atoms with E-state index < -0.39 is 32.1 Å². The largest absolute Gasteiger partial charge is 0.453 e. The summed E-state index contributed by atoms with van der Waals surface area (Å²) in [5.74, 6) is -1.05. The number of carbonyl (C=O) groups excluding carboxylic acids is 2. The van der Waals surface area contributed by atoms with Gasteiger partial charge in [-0.25, -0.2) is 36.3 Å². The Labute approximate surface area is 225 Å². The van der Waals surface area contributed by atoms with Gasteiger partial charge in [-0.15, -0.1) is 0 Å². The monoisotopic (exact) mass is 574 g/mol. The predicted molar refractivity (Wildman–Crippen MR) is 142 cm³/mol. The van der Waals surface area contributed by atoms with E-state index in [9.17, 15) is 26.4 Å². The number of methoxy groups -OCH3 is 1. The molecule has 0 unspecified atom stereocenters. The van der Waals surface area contributed by atoms with Gasteiger partial charge in [-0.3, -0.25) is 10.1 Å². The quantitative estimate of drug-likeness (QED) is 0.365. The first-order valence-electron chi connectivity index (χ1n) is 11.7. The summed E-state index contributed by atoms with van der Waals surface area (Å²) in [5.41, 5.74) is 0.739. The first-order valence-corrected chi connectivity index (χ1v) is 14.7.